The highest BCUT2D eigenvalue weighted by atomic mass is 16.8. The van der Waals surface area contributed by atoms with Gasteiger partial charge in [-0.3, -0.25) is 0 Å². The molecule has 0 bridgehead atoms. The standard InChI is InChI=1S/C12H23NO10/c13-5-6(16)3(1-14)21-11(8(5)18)23-12-10(20)9(19)7(17)4(2-15)22-12/h3-12,14-20H,1-2,13H2/t3-,4-,5-,6+,7-,8+,9+,10-,11-,12+/m0/s1. The van der Waals surface area contributed by atoms with Crippen LogP contribution in [0, 0.1) is 0 Å². The average Bonchev–Trinajstić information content (AvgIpc) is 2.55. The Hall–Kier alpha value is -0.440. The molecule has 0 amide bonds. The van der Waals surface area contributed by atoms with Crippen LogP contribution in [0.4, 0.5) is 0 Å². The Morgan fingerprint density at radius 1 is 0.696 bits per heavy atom. The molecule has 0 saturated carbocycles. The van der Waals surface area contributed by atoms with Gasteiger partial charge in [0.05, 0.1) is 19.3 Å². The Morgan fingerprint density at radius 3 is 1.70 bits per heavy atom. The van der Waals surface area contributed by atoms with E-state index in [1.54, 1.807) is 0 Å². The third-order valence-corrected chi connectivity index (χ3v) is 4.05. The highest BCUT2D eigenvalue weighted by molar-refractivity contribution is 4.93. The topological polar surface area (TPSA) is 195 Å². The summed E-state index contributed by atoms with van der Waals surface area (Å²) in [6, 6.07) is -1.18. The molecule has 9 N–H and O–H groups in total. The van der Waals surface area contributed by atoms with Crippen molar-refractivity contribution in [1.82, 2.24) is 0 Å². The van der Waals surface area contributed by atoms with Crippen molar-refractivity contribution >= 4 is 0 Å². The van der Waals surface area contributed by atoms with E-state index < -0.39 is 74.6 Å². The molecule has 0 aromatic heterocycles. The van der Waals surface area contributed by atoms with Crippen molar-refractivity contribution in [2.45, 2.75) is 61.3 Å². The number of hydrogen-bond donors (Lipinski definition) is 8. The van der Waals surface area contributed by atoms with E-state index in [-0.39, 0.29) is 0 Å². The van der Waals surface area contributed by atoms with Gasteiger partial charge in [0.1, 0.15) is 42.7 Å². The lowest BCUT2D eigenvalue weighted by Gasteiger charge is -2.44. The lowest BCUT2D eigenvalue weighted by molar-refractivity contribution is -0.368. The molecule has 2 aliphatic rings. The van der Waals surface area contributed by atoms with Gasteiger partial charge in [0.15, 0.2) is 12.6 Å². The second kappa shape index (κ2) is 7.63. The molecule has 2 heterocycles. The van der Waals surface area contributed by atoms with Gasteiger partial charge in [-0.05, 0) is 0 Å². The number of rotatable bonds is 4. The summed E-state index contributed by atoms with van der Waals surface area (Å²) >= 11 is 0. The summed E-state index contributed by atoms with van der Waals surface area (Å²) in [5, 5.41) is 67.1. The van der Waals surface area contributed by atoms with E-state index in [1.165, 1.54) is 0 Å². The maximum Gasteiger partial charge on any atom is 0.189 e. The van der Waals surface area contributed by atoms with Gasteiger partial charge >= 0.3 is 0 Å². The van der Waals surface area contributed by atoms with Crippen LogP contribution < -0.4 is 5.73 Å². The molecule has 2 aliphatic heterocycles. The van der Waals surface area contributed by atoms with E-state index in [1.807, 2.05) is 0 Å². The van der Waals surface area contributed by atoms with Crippen molar-refractivity contribution in [3.8, 4) is 0 Å². The maximum atomic E-state index is 9.96. The highest BCUT2D eigenvalue weighted by Crippen LogP contribution is 2.27. The number of aliphatic hydroxyl groups is 7. The molecule has 2 fully saturated rings. The van der Waals surface area contributed by atoms with Crippen molar-refractivity contribution in [2.75, 3.05) is 13.2 Å². The molecule has 0 radical (unpaired) electrons. The number of nitrogens with two attached hydrogens (primary N) is 1. The van der Waals surface area contributed by atoms with E-state index in [0.29, 0.717) is 0 Å². The minimum atomic E-state index is -1.68. The lowest BCUT2D eigenvalue weighted by Crippen LogP contribution is -2.65. The zero-order valence-electron chi connectivity index (χ0n) is 12.1. The van der Waals surface area contributed by atoms with Crippen LogP contribution in [0.5, 0.6) is 0 Å². The van der Waals surface area contributed by atoms with Crippen molar-refractivity contribution in [3.05, 3.63) is 0 Å². The largest absolute Gasteiger partial charge is 0.394 e. The minimum absolute atomic E-state index is 0.587. The fourth-order valence-corrected chi connectivity index (χ4v) is 2.54. The first-order valence-corrected chi connectivity index (χ1v) is 7.15. The third kappa shape index (κ3) is 3.65. The molecule has 0 spiro atoms. The Morgan fingerprint density at radius 2 is 1.17 bits per heavy atom. The van der Waals surface area contributed by atoms with Gasteiger partial charge in [-0.15, -0.1) is 0 Å². The summed E-state index contributed by atoms with van der Waals surface area (Å²) < 4.78 is 15.5. The number of ether oxygens (including phenoxy) is 3. The first-order valence-electron chi connectivity index (χ1n) is 7.15. The number of hydrogen-bond acceptors (Lipinski definition) is 11. The Balaban J connectivity index is 2.07. The van der Waals surface area contributed by atoms with Crippen molar-refractivity contribution < 1.29 is 50.0 Å². The SMILES string of the molecule is N[C@@H]1[C@@H](O)[C@H](O[C@H]2O[C@@H](CO)[C@H](O)[C@@H](O)[C@@H]2O)O[C@@H](CO)[C@H]1O. The summed E-state index contributed by atoms with van der Waals surface area (Å²) in [6.07, 6.45) is -13.0. The van der Waals surface area contributed by atoms with Crippen LogP contribution in [-0.2, 0) is 14.2 Å². The fourth-order valence-electron chi connectivity index (χ4n) is 2.54. The van der Waals surface area contributed by atoms with Gasteiger partial charge < -0.3 is 55.7 Å². The minimum Gasteiger partial charge on any atom is -0.394 e. The van der Waals surface area contributed by atoms with Crippen LogP contribution in [0.15, 0.2) is 0 Å². The molecular formula is C12H23NO10. The van der Waals surface area contributed by atoms with E-state index in [4.69, 9.17) is 30.2 Å². The summed E-state index contributed by atoms with van der Waals surface area (Å²) in [5.41, 5.74) is 5.62. The summed E-state index contributed by atoms with van der Waals surface area (Å²) in [5.74, 6) is 0. The number of aliphatic hydroxyl groups excluding tert-OH is 7. The highest BCUT2D eigenvalue weighted by Gasteiger charge is 2.49. The van der Waals surface area contributed by atoms with Crippen LogP contribution >= 0.6 is 0 Å². The normalized spacial score (nSPS) is 51.7. The predicted molar refractivity (Wildman–Crippen MR) is 70.6 cm³/mol. The first kappa shape index (κ1) is 18.9. The molecule has 10 atom stereocenters. The quantitative estimate of drug-likeness (QED) is 0.243. The zero-order chi connectivity index (χ0) is 17.3. The maximum absolute atomic E-state index is 9.96. The van der Waals surface area contributed by atoms with Crippen molar-refractivity contribution in [3.63, 3.8) is 0 Å². The Labute approximate surface area is 131 Å². The predicted octanol–water partition coefficient (Wildman–Crippen LogP) is -5.43. The van der Waals surface area contributed by atoms with Crippen LogP contribution in [0.1, 0.15) is 0 Å². The fraction of sp³-hybridized carbons (Fsp3) is 1.00. The van der Waals surface area contributed by atoms with Gasteiger partial charge in [-0.1, -0.05) is 0 Å². The summed E-state index contributed by atoms with van der Waals surface area (Å²) in [6.45, 7) is -1.23. The monoisotopic (exact) mass is 341 g/mol. The van der Waals surface area contributed by atoms with Crippen LogP contribution in [0.2, 0.25) is 0 Å². The molecule has 0 aromatic carbocycles. The second-order valence-electron chi connectivity index (χ2n) is 5.62. The molecule has 0 unspecified atom stereocenters. The van der Waals surface area contributed by atoms with Gasteiger partial charge in [0, 0.05) is 0 Å². The van der Waals surface area contributed by atoms with Crippen LogP contribution in [-0.4, -0.2) is 110 Å². The summed E-state index contributed by atoms with van der Waals surface area (Å²) in [7, 11) is 0. The molecule has 0 aromatic rings. The van der Waals surface area contributed by atoms with Crippen LogP contribution in [0.3, 0.4) is 0 Å². The van der Waals surface area contributed by atoms with E-state index in [2.05, 4.69) is 0 Å². The zero-order valence-corrected chi connectivity index (χ0v) is 12.1. The molecule has 0 aliphatic carbocycles. The molecule has 11 heteroatoms. The molecule has 2 saturated heterocycles. The molecule has 136 valence electrons. The second-order valence-corrected chi connectivity index (χ2v) is 5.62. The molecule has 2 rings (SSSR count). The average molecular weight is 341 g/mol. The summed E-state index contributed by atoms with van der Waals surface area (Å²) in [4.78, 5) is 0. The van der Waals surface area contributed by atoms with Crippen LogP contribution in [0.25, 0.3) is 0 Å². The Kier molecular flexibility index (Phi) is 6.27. The smallest absolute Gasteiger partial charge is 0.189 e. The first-order chi connectivity index (χ1) is 10.8. The van der Waals surface area contributed by atoms with E-state index in [9.17, 15) is 25.5 Å². The van der Waals surface area contributed by atoms with Gasteiger partial charge in [-0.25, -0.2) is 0 Å². The van der Waals surface area contributed by atoms with Gasteiger partial charge in [-0.2, -0.15) is 0 Å². The van der Waals surface area contributed by atoms with Gasteiger partial charge in [0.25, 0.3) is 0 Å². The third-order valence-electron chi connectivity index (χ3n) is 4.05. The Bertz CT molecular complexity index is 349. The van der Waals surface area contributed by atoms with Crippen molar-refractivity contribution in [1.29, 1.82) is 0 Å². The van der Waals surface area contributed by atoms with Gasteiger partial charge in [0.2, 0.25) is 0 Å². The van der Waals surface area contributed by atoms with E-state index in [0.717, 1.165) is 0 Å². The lowest BCUT2D eigenvalue weighted by atomic mass is 9.97. The molecule has 11 nitrogen and oxygen atoms in total. The molecule has 23 heavy (non-hydrogen) atoms. The van der Waals surface area contributed by atoms with E-state index >= 15 is 0 Å². The molecular weight excluding hydrogens is 318 g/mol. The van der Waals surface area contributed by atoms with Crippen molar-refractivity contribution in [2.24, 2.45) is 5.73 Å².